The van der Waals surface area contributed by atoms with E-state index in [9.17, 15) is 22.7 Å². The van der Waals surface area contributed by atoms with E-state index in [1.54, 1.807) is 12.1 Å². The summed E-state index contributed by atoms with van der Waals surface area (Å²) in [6.45, 7) is 1.84. The highest BCUT2D eigenvalue weighted by molar-refractivity contribution is 7.92. The summed E-state index contributed by atoms with van der Waals surface area (Å²) in [7, 11) is -3.76. The van der Waals surface area contributed by atoms with Crippen molar-refractivity contribution in [2.75, 3.05) is 0 Å². The van der Waals surface area contributed by atoms with Gasteiger partial charge < -0.3 is 5.11 Å². The highest BCUT2D eigenvalue weighted by Gasteiger charge is 2.63. The molecule has 1 N–H and O–H groups in total. The minimum Gasteiger partial charge on any atom is -0.481 e. The van der Waals surface area contributed by atoms with Crippen molar-refractivity contribution >= 4 is 15.8 Å². The first-order valence-electron chi connectivity index (χ1n) is 7.11. The largest absolute Gasteiger partial charge is 0.481 e. The van der Waals surface area contributed by atoms with Crippen LogP contribution in [-0.4, -0.2) is 24.7 Å². The maximum absolute atomic E-state index is 13.0. The molecule has 2 aromatic carbocycles. The number of halogens is 1. The van der Waals surface area contributed by atoms with Crippen LogP contribution in [-0.2, 0) is 14.6 Å². The third-order valence-electron chi connectivity index (χ3n) is 4.20. The fourth-order valence-electron chi connectivity index (χ4n) is 2.93. The van der Waals surface area contributed by atoms with Crippen molar-refractivity contribution in [1.82, 2.24) is 0 Å². The van der Waals surface area contributed by atoms with E-state index >= 15 is 0 Å². The summed E-state index contributed by atoms with van der Waals surface area (Å²) >= 11 is 0. The first-order chi connectivity index (χ1) is 10.8. The van der Waals surface area contributed by atoms with E-state index < -0.39 is 38.7 Å². The molecule has 1 saturated carbocycles. The van der Waals surface area contributed by atoms with Gasteiger partial charge in [-0.25, -0.2) is 12.8 Å². The molecule has 3 rings (SSSR count). The average Bonchev–Trinajstić information content (AvgIpc) is 3.25. The van der Waals surface area contributed by atoms with E-state index in [1.807, 2.05) is 6.92 Å². The number of sulfone groups is 1. The van der Waals surface area contributed by atoms with Crippen molar-refractivity contribution in [2.45, 2.75) is 23.0 Å². The topological polar surface area (TPSA) is 71.4 Å². The second-order valence-electron chi connectivity index (χ2n) is 5.76. The van der Waals surface area contributed by atoms with Crippen molar-refractivity contribution in [3.8, 4) is 0 Å². The van der Waals surface area contributed by atoms with Gasteiger partial charge in [0, 0.05) is 5.92 Å². The number of aliphatic carboxylic acids is 1. The summed E-state index contributed by atoms with van der Waals surface area (Å²) in [4.78, 5) is 11.5. The molecule has 120 valence electrons. The predicted molar refractivity (Wildman–Crippen MR) is 82.4 cm³/mol. The number of hydrogen-bond donors (Lipinski definition) is 1. The second-order valence-corrected chi connectivity index (χ2v) is 7.87. The molecular weight excluding hydrogens is 319 g/mol. The lowest BCUT2D eigenvalue weighted by molar-refractivity contribution is -0.138. The van der Waals surface area contributed by atoms with Gasteiger partial charge >= 0.3 is 5.97 Å². The molecule has 2 aromatic rings. The van der Waals surface area contributed by atoms with E-state index in [-0.39, 0.29) is 4.90 Å². The average molecular weight is 334 g/mol. The Hall–Kier alpha value is -2.21. The first-order valence-corrected chi connectivity index (χ1v) is 8.66. The lowest BCUT2D eigenvalue weighted by atomic mass is 10.1. The predicted octanol–water partition coefficient (Wildman–Crippen LogP) is 2.77. The zero-order valence-electron chi connectivity index (χ0n) is 12.3. The SMILES string of the molecule is Cc1ccc(S(=O)(=O)[C@@H]2[C@@H](C(=O)O)[C@@H]2c2ccc(F)cc2)cc1. The fraction of sp³-hybridized carbons (Fsp3) is 0.235. The van der Waals surface area contributed by atoms with E-state index in [2.05, 4.69) is 0 Å². The summed E-state index contributed by atoms with van der Waals surface area (Å²) in [5.74, 6) is -3.26. The van der Waals surface area contributed by atoms with Crippen LogP contribution >= 0.6 is 0 Å². The maximum Gasteiger partial charge on any atom is 0.308 e. The normalized spacial score (nSPS) is 23.5. The second kappa shape index (κ2) is 5.45. The zero-order valence-corrected chi connectivity index (χ0v) is 13.1. The molecular formula is C17H15FO4S. The maximum atomic E-state index is 13.0. The number of aryl methyl sites for hydroxylation is 1. The fourth-order valence-corrected chi connectivity index (χ4v) is 5.05. The molecule has 0 aromatic heterocycles. The van der Waals surface area contributed by atoms with Crippen LogP contribution in [0.5, 0.6) is 0 Å². The molecule has 1 fully saturated rings. The number of carbonyl (C=O) groups is 1. The smallest absolute Gasteiger partial charge is 0.308 e. The third-order valence-corrected chi connectivity index (χ3v) is 6.43. The number of rotatable bonds is 4. The Bertz CT molecular complexity index is 841. The molecule has 4 nitrogen and oxygen atoms in total. The molecule has 3 atom stereocenters. The highest BCUT2D eigenvalue weighted by Crippen LogP contribution is 2.54. The van der Waals surface area contributed by atoms with Crippen molar-refractivity contribution < 1.29 is 22.7 Å². The van der Waals surface area contributed by atoms with Crippen LogP contribution in [0.15, 0.2) is 53.4 Å². The van der Waals surface area contributed by atoms with Crippen LogP contribution in [0, 0.1) is 18.7 Å². The van der Waals surface area contributed by atoms with Crippen molar-refractivity contribution in [1.29, 1.82) is 0 Å². The Morgan fingerprint density at radius 3 is 2.13 bits per heavy atom. The van der Waals surface area contributed by atoms with Gasteiger partial charge in [0.15, 0.2) is 9.84 Å². The van der Waals surface area contributed by atoms with Gasteiger partial charge in [-0.1, -0.05) is 29.8 Å². The molecule has 0 spiro atoms. The van der Waals surface area contributed by atoms with Crippen LogP contribution in [0.25, 0.3) is 0 Å². The van der Waals surface area contributed by atoms with Gasteiger partial charge in [-0.3, -0.25) is 4.79 Å². The third kappa shape index (κ3) is 2.74. The van der Waals surface area contributed by atoms with Crippen LogP contribution in [0.3, 0.4) is 0 Å². The van der Waals surface area contributed by atoms with E-state index in [4.69, 9.17) is 0 Å². The summed E-state index contributed by atoms with van der Waals surface area (Å²) in [6.07, 6.45) is 0. The van der Waals surface area contributed by atoms with Gasteiger partial charge in [0.2, 0.25) is 0 Å². The van der Waals surface area contributed by atoms with E-state index in [0.29, 0.717) is 5.56 Å². The summed E-state index contributed by atoms with van der Waals surface area (Å²) in [6, 6.07) is 11.6. The number of hydrogen-bond acceptors (Lipinski definition) is 3. The molecule has 0 radical (unpaired) electrons. The lowest BCUT2D eigenvalue weighted by Crippen LogP contribution is -2.13. The lowest BCUT2D eigenvalue weighted by Gasteiger charge is -2.04. The number of carboxylic acid groups (broad SMARTS) is 1. The van der Waals surface area contributed by atoms with E-state index in [0.717, 1.165) is 5.56 Å². The molecule has 23 heavy (non-hydrogen) atoms. The molecule has 0 unspecified atom stereocenters. The minimum absolute atomic E-state index is 0.115. The number of benzene rings is 2. The van der Waals surface area contributed by atoms with Crippen molar-refractivity contribution in [2.24, 2.45) is 5.92 Å². The molecule has 6 heteroatoms. The Kier molecular flexibility index (Phi) is 3.72. The molecule has 0 heterocycles. The van der Waals surface area contributed by atoms with Gasteiger partial charge in [-0.05, 0) is 36.8 Å². The van der Waals surface area contributed by atoms with Crippen LogP contribution < -0.4 is 0 Å². The zero-order chi connectivity index (χ0) is 16.8. The molecule has 0 saturated heterocycles. The van der Waals surface area contributed by atoms with Crippen LogP contribution in [0.4, 0.5) is 4.39 Å². The van der Waals surface area contributed by atoms with Crippen molar-refractivity contribution in [3.05, 3.63) is 65.5 Å². The molecule has 0 aliphatic heterocycles. The molecule has 0 amide bonds. The van der Waals surface area contributed by atoms with Gasteiger partial charge in [-0.15, -0.1) is 0 Å². The van der Waals surface area contributed by atoms with Crippen LogP contribution in [0.1, 0.15) is 17.0 Å². The summed E-state index contributed by atoms with van der Waals surface area (Å²) in [5.41, 5.74) is 1.45. The molecule has 1 aliphatic carbocycles. The van der Waals surface area contributed by atoms with Gasteiger partial charge in [-0.2, -0.15) is 0 Å². The quantitative estimate of drug-likeness (QED) is 0.933. The Morgan fingerprint density at radius 1 is 1.04 bits per heavy atom. The Labute approximate surface area is 133 Å². The van der Waals surface area contributed by atoms with Gasteiger partial charge in [0.1, 0.15) is 5.82 Å². The highest BCUT2D eigenvalue weighted by atomic mass is 32.2. The number of carboxylic acids is 1. The Balaban J connectivity index is 1.98. The van der Waals surface area contributed by atoms with Gasteiger partial charge in [0.05, 0.1) is 16.1 Å². The standard InChI is InChI=1S/C17H15FO4S/c1-10-2-8-13(9-3-10)23(21,22)16-14(15(16)17(19)20)11-4-6-12(18)7-5-11/h2-9,14-16H,1H3,(H,19,20)/t14-,15-,16-/m0/s1. The van der Waals surface area contributed by atoms with Crippen LogP contribution in [0.2, 0.25) is 0 Å². The Morgan fingerprint density at radius 2 is 1.61 bits per heavy atom. The summed E-state index contributed by atoms with van der Waals surface area (Å²) in [5, 5.41) is 8.31. The molecule has 0 bridgehead atoms. The first kappa shape index (κ1) is 15.7. The van der Waals surface area contributed by atoms with E-state index in [1.165, 1.54) is 36.4 Å². The minimum atomic E-state index is -3.76. The van der Waals surface area contributed by atoms with Crippen molar-refractivity contribution in [3.63, 3.8) is 0 Å². The molecule has 1 aliphatic rings. The summed E-state index contributed by atoms with van der Waals surface area (Å²) < 4.78 is 38.5. The monoisotopic (exact) mass is 334 g/mol. The van der Waals surface area contributed by atoms with Gasteiger partial charge in [0.25, 0.3) is 0 Å².